The molecule has 2 aromatic heterocycles. The lowest BCUT2D eigenvalue weighted by molar-refractivity contribution is 0.570. The topological polar surface area (TPSA) is 55.6 Å². The molecular weight excluding hydrogens is 222 g/mol. The van der Waals surface area contributed by atoms with Gasteiger partial charge in [-0.2, -0.15) is 0 Å². The summed E-state index contributed by atoms with van der Waals surface area (Å²) < 4.78 is 1.83. The van der Waals surface area contributed by atoms with E-state index in [-0.39, 0.29) is 0 Å². The van der Waals surface area contributed by atoms with E-state index in [9.17, 15) is 0 Å². The van der Waals surface area contributed by atoms with E-state index in [1.54, 1.807) is 17.5 Å². The molecule has 2 rings (SSSR count). The number of thiazole rings is 1. The van der Waals surface area contributed by atoms with Crippen LogP contribution in [0.2, 0.25) is 0 Å². The van der Waals surface area contributed by atoms with E-state index in [2.05, 4.69) is 27.5 Å². The van der Waals surface area contributed by atoms with Gasteiger partial charge in [0, 0.05) is 24.2 Å². The van der Waals surface area contributed by atoms with Crippen molar-refractivity contribution in [1.29, 1.82) is 0 Å². The molecule has 16 heavy (non-hydrogen) atoms. The van der Waals surface area contributed by atoms with E-state index in [4.69, 9.17) is 0 Å². The summed E-state index contributed by atoms with van der Waals surface area (Å²) in [7, 11) is 0. The third-order valence-corrected chi connectivity index (χ3v) is 3.37. The van der Waals surface area contributed by atoms with Crippen LogP contribution >= 0.6 is 11.3 Å². The average Bonchev–Trinajstić information content (AvgIpc) is 2.85. The molecule has 2 heterocycles. The molecule has 0 spiro atoms. The quantitative estimate of drug-likeness (QED) is 0.806. The minimum absolute atomic E-state index is 0.885. The molecule has 0 bridgehead atoms. The van der Waals surface area contributed by atoms with E-state index < -0.39 is 0 Å². The first kappa shape index (κ1) is 11.1. The lowest BCUT2D eigenvalue weighted by Gasteiger charge is -2.02. The van der Waals surface area contributed by atoms with Crippen LogP contribution in [0.3, 0.4) is 0 Å². The van der Waals surface area contributed by atoms with Crippen LogP contribution < -0.4 is 5.32 Å². The maximum absolute atomic E-state index is 4.42. The van der Waals surface area contributed by atoms with Crippen LogP contribution in [0.15, 0.2) is 12.4 Å². The molecule has 2 aromatic rings. The molecule has 0 aliphatic heterocycles. The fourth-order valence-corrected chi connectivity index (χ4v) is 2.18. The van der Waals surface area contributed by atoms with E-state index in [1.165, 1.54) is 4.88 Å². The van der Waals surface area contributed by atoms with Gasteiger partial charge in [-0.1, -0.05) is 5.21 Å². The molecule has 0 unspecified atom stereocenters. The van der Waals surface area contributed by atoms with Crippen LogP contribution in [0.4, 0.5) is 5.13 Å². The fourth-order valence-electron chi connectivity index (χ4n) is 1.34. The Morgan fingerprint density at radius 3 is 2.94 bits per heavy atom. The van der Waals surface area contributed by atoms with Gasteiger partial charge in [-0.3, -0.25) is 4.68 Å². The van der Waals surface area contributed by atoms with E-state index in [0.717, 1.165) is 30.3 Å². The highest BCUT2D eigenvalue weighted by Gasteiger charge is 2.01. The number of anilines is 1. The largest absolute Gasteiger partial charge is 0.361 e. The standard InChI is InChI=1S/C10H15N5S/c1-8-9(2)16-10(13-8)11-4-3-6-15-7-5-12-14-15/h5,7H,3-4,6H2,1-2H3,(H,11,13). The summed E-state index contributed by atoms with van der Waals surface area (Å²) in [5, 5.41) is 12.0. The Kier molecular flexibility index (Phi) is 3.51. The summed E-state index contributed by atoms with van der Waals surface area (Å²) in [5.41, 5.74) is 1.11. The van der Waals surface area contributed by atoms with Crippen LogP contribution in [0.25, 0.3) is 0 Å². The van der Waals surface area contributed by atoms with Crippen LogP contribution in [0.5, 0.6) is 0 Å². The third kappa shape index (κ3) is 2.79. The number of aromatic nitrogens is 4. The highest BCUT2D eigenvalue weighted by Crippen LogP contribution is 2.20. The molecule has 0 saturated carbocycles. The fraction of sp³-hybridized carbons (Fsp3) is 0.500. The zero-order valence-electron chi connectivity index (χ0n) is 9.47. The molecule has 86 valence electrons. The lowest BCUT2D eigenvalue weighted by atomic mass is 10.4. The Balaban J connectivity index is 1.72. The Morgan fingerprint density at radius 2 is 2.31 bits per heavy atom. The Morgan fingerprint density at radius 1 is 1.44 bits per heavy atom. The smallest absolute Gasteiger partial charge is 0.183 e. The van der Waals surface area contributed by atoms with Gasteiger partial charge in [-0.15, -0.1) is 16.4 Å². The monoisotopic (exact) mass is 237 g/mol. The van der Waals surface area contributed by atoms with E-state index in [1.807, 2.05) is 17.8 Å². The van der Waals surface area contributed by atoms with Crippen molar-refractivity contribution in [2.75, 3.05) is 11.9 Å². The van der Waals surface area contributed by atoms with Crippen LogP contribution in [-0.2, 0) is 6.54 Å². The van der Waals surface area contributed by atoms with Gasteiger partial charge >= 0.3 is 0 Å². The van der Waals surface area contributed by atoms with Crippen molar-refractivity contribution < 1.29 is 0 Å². The first-order valence-corrected chi connectivity index (χ1v) is 6.09. The molecule has 5 nitrogen and oxygen atoms in total. The van der Waals surface area contributed by atoms with E-state index in [0.29, 0.717) is 0 Å². The lowest BCUT2D eigenvalue weighted by Crippen LogP contribution is -2.07. The van der Waals surface area contributed by atoms with Crippen molar-refractivity contribution in [3.8, 4) is 0 Å². The molecule has 0 atom stereocenters. The minimum atomic E-state index is 0.885. The van der Waals surface area contributed by atoms with Crippen molar-refractivity contribution >= 4 is 16.5 Å². The third-order valence-electron chi connectivity index (χ3n) is 2.34. The van der Waals surface area contributed by atoms with Crippen LogP contribution in [0.1, 0.15) is 17.0 Å². The molecule has 6 heteroatoms. The second-order valence-electron chi connectivity index (χ2n) is 3.61. The summed E-state index contributed by atoms with van der Waals surface area (Å²) in [4.78, 5) is 5.69. The highest BCUT2D eigenvalue weighted by molar-refractivity contribution is 7.15. The molecule has 0 saturated heterocycles. The maximum atomic E-state index is 4.42. The summed E-state index contributed by atoms with van der Waals surface area (Å²) in [6, 6.07) is 0. The van der Waals surface area contributed by atoms with Crippen molar-refractivity contribution in [2.24, 2.45) is 0 Å². The van der Waals surface area contributed by atoms with Gasteiger partial charge in [0.05, 0.1) is 11.9 Å². The molecule has 0 amide bonds. The molecule has 0 aliphatic rings. The van der Waals surface area contributed by atoms with Crippen molar-refractivity contribution in [3.63, 3.8) is 0 Å². The molecule has 0 fully saturated rings. The van der Waals surface area contributed by atoms with Gasteiger partial charge in [-0.25, -0.2) is 4.98 Å². The Hall–Kier alpha value is -1.43. The van der Waals surface area contributed by atoms with Crippen molar-refractivity contribution in [3.05, 3.63) is 23.0 Å². The number of aryl methyl sites for hydroxylation is 3. The number of hydrogen-bond donors (Lipinski definition) is 1. The maximum Gasteiger partial charge on any atom is 0.183 e. The summed E-state index contributed by atoms with van der Waals surface area (Å²) in [6.45, 7) is 5.92. The van der Waals surface area contributed by atoms with E-state index >= 15 is 0 Å². The summed E-state index contributed by atoms with van der Waals surface area (Å²) in [6.07, 6.45) is 4.58. The normalized spacial score (nSPS) is 10.6. The summed E-state index contributed by atoms with van der Waals surface area (Å²) >= 11 is 1.71. The van der Waals surface area contributed by atoms with Crippen LogP contribution in [-0.4, -0.2) is 26.5 Å². The predicted molar refractivity (Wildman–Crippen MR) is 64.7 cm³/mol. The second kappa shape index (κ2) is 5.07. The number of rotatable bonds is 5. The van der Waals surface area contributed by atoms with Gasteiger partial charge in [0.25, 0.3) is 0 Å². The van der Waals surface area contributed by atoms with Crippen molar-refractivity contribution in [2.45, 2.75) is 26.8 Å². The van der Waals surface area contributed by atoms with Gasteiger partial charge in [-0.05, 0) is 20.3 Å². The first-order valence-electron chi connectivity index (χ1n) is 5.27. The van der Waals surface area contributed by atoms with Crippen molar-refractivity contribution in [1.82, 2.24) is 20.0 Å². The predicted octanol–water partition coefficient (Wildman–Crippen LogP) is 1.85. The number of hydrogen-bond acceptors (Lipinski definition) is 5. The second-order valence-corrected chi connectivity index (χ2v) is 4.81. The number of nitrogens with one attached hydrogen (secondary N) is 1. The SMILES string of the molecule is Cc1nc(NCCCn2ccnn2)sc1C. The molecule has 0 aliphatic carbocycles. The molecule has 0 radical (unpaired) electrons. The molecule has 0 aromatic carbocycles. The summed E-state index contributed by atoms with van der Waals surface area (Å²) in [5.74, 6) is 0. The minimum Gasteiger partial charge on any atom is -0.361 e. The van der Waals surface area contributed by atoms with Gasteiger partial charge in [0.15, 0.2) is 5.13 Å². The first-order chi connectivity index (χ1) is 7.75. The van der Waals surface area contributed by atoms with Gasteiger partial charge < -0.3 is 5.32 Å². The number of nitrogens with zero attached hydrogens (tertiary/aromatic N) is 4. The Labute approximate surface area is 98.5 Å². The van der Waals surface area contributed by atoms with Crippen LogP contribution in [0, 0.1) is 13.8 Å². The zero-order chi connectivity index (χ0) is 11.4. The molecular formula is C10H15N5S. The van der Waals surface area contributed by atoms with Gasteiger partial charge in [0.1, 0.15) is 0 Å². The highest BCUT2D eigenvalue weighted by atomic mass is 32.1. The Bertz CT molecular complexity index is 415. The molecule has 1 N–H and O–H groups in total. The zero-order valence-corrected chi connectivity index (χ0v) is 10.3. The average molecular weight is 237 g/mol. The van der Waals surface area contributed by atoms with Gasteiger partial charge in [0.2, 0.25) is 0 Å².